The highest BCUT2D eigenvalue weighted by Crippen LogP contribution is 2.18. The summed E-state index contributed by atoms with van der Waals surface area (Å²) in [5, 5.41) is 14.8. The van der Waals surface area contributed by atoms with Crippen molar-refractivity contribution in [1.29, 1.82) is 0 Å². The first-order chi connectivity index (χ1) is 7.76. The second kappa shape index (κ2) is 7.60. The zero-order valence-electron chi connectivity index (χ0n) is 9.74. The van der Waals surface area contributed by atoms with E-state index in [1.807, 2.05) is 0 Å². The Labute approximate surface area is 96.8 Å². The maximum atomic E-state index is 11.5. The molecule has 0 aromatic heterocycles. The van der Waals surface area contributed by atoms with Gasteiger partial charge >= 0.3 is 0 Å². The van der Waals surface area contributed by atoms with E-state index in [2.05, 4.69) is 10.6 Å². The molecule has 94 valence electrons. The van der Waals surface area contributed by atoms with Crippen molar-refractivity contribution in [2.24, 2.45) is 5.73 Å². The molecule has 0 spiro atoms. The molecule has 1 fully saturated rings. The monoisotopic (exact) mass is 229 g/mol. The number of nitrogens with one attached hydrogen (secondary N) is 2. The SMILES string of the molecule is NCC(CC(=O)NC1CC1)NCCCCO. The van der Waals surface area contributed by atoms with Crippen LogP contribution in [0.25, 0.3) is 0 Å². The fourth-order valence-corrected chi connectivity index (χ4v) is 1.52. The maximum Gasteiger partial charge on any atom is 0.221 e. The second-order valence-electron chi connectivity index (χ2n) is 4.36. The first kappa shape index (κ1) is 13.4. The zero-order valence-corrected chi connectivity index (χ0v) is 9.74. The Kier molecular flexibility index (Phi) is 6.37. The summed E-state index contributed by atoms with van der Waals surface area (Å²) in [5.74, 6) is 0.0904. The van der Waals surface area contributed by atoms with Crippen LogP contribution in [0, 0.1) is 0 Å². The Morgan fingerprint density at radius 2 is 2.19 bits per heavy atom. The van der Waals surface area contributed by atoms with Crippen LogP contribution in [-0.2, 0) is 4.79 Å². The third-order valence-electron chi connectivity index (χ3n) is 2.68. The number of carbonyl (C=O) groups excluding carboxylic acids is 1. The summed E-state index contributed by atoms with van der Waals surface area (Å²) in [7, 11) is 0. The summed E-state index contributed by atoms with van der Waals surface area (Å²) < 4.78 is 0. The molecule has 0 radical (unpaired) electrons. The lowest BCUT2D eigenvalue weighted by atomic mass is 10.2. The van der Waals surface area contributed by atoms with Crippen LogP contribution in [0.1, 0.15) is 32.1 Å². The lowest BCUT2D eigenvalue weighted by Crippen LogP contribution is -2.41. The number of nitrogens with two attached hydrogens (primary N) is 1. The van der Waals surface area contributed by atoms with Crippen molar-refractivity contribution in [3.63, 3.8) is 0 Å². The van der Waals surface area contributed by atoms with Crippen molar-refractivity contribution < 1.29 is 9.90 Å². The van der Waals surface area contributed by atoms with Crippen molar-refractivity contribution >= 4 is 5.91 Å². The average Bonchev–Trinajstić information content (AvgIpc) is 3.06. The lowest BCUT2D eigenvalue weighted by Gasteiger charge is -2.16. The molecule has 5 heteroatoms. The normalized spacial score (nSPS) is 17.1. The van der Waals surface area contributed by atoms with Crippen LogP contribution in [0.5, 0.6) is 0 Å². The van der Waals surface area contributed by atoms with Crippen LogP contribution in [0.15, 0.2) is 0 Å². The fourth-order valence-electron chi connectivity index (χ4n) is 1.52. The predicted molar refractivity (Wildman–Crippen MR) is 62.9 cm³/mol. The summed E-state index contributed by atoms with van der Waals surface area (Å²) >= 11 is 0. The summed E-state index contributed by atoms with van der Waals surface area (Å²) in [6.45, 7) is 1.49. The number of rotatable bonds is 9. The molecular formula is C11H23N3O2. The molecular weight excluding hydrogens is 206 g/mol. The molecule has 0 bridgehead atoms. The largest absolute Gasteiger partial charge is 0.396 e. The van der Waals surface area contributed by atoms with E-state index in [0.717, 1.165) is 32.2 Å². The summed E-state index contributed by atoms with van der Waals surface area (Å²) in [6, 6.07) is 0.470. The molecule has 0 aliphatic heterocycles. The fraction of sp³-hybridized carbons (Fsp3) is 0.909. The summed E-state index contributed by atoms with van der Waals surface area (Å²) in [4.78, 5) is 11.5. The minimum Gasteiger partial charge on any atom is -0.396 e. The average molecular weight is 229 g/mol. The molecule has 0 heterocycles. The topological polar surface area (TPSA) is 87.4 Å². The smallest absolute Gasteiger partial charge is 0.221 e. The molecule has 1 amide bonds. The first-order valence-electron chi connectivity index (χ1n) is 6.10. The van der Waals surface area contributed by atoms with Crippen molar-refractivity contribution in [3.8, 4) is 0 Å². The summed E-state index contributed by atoms with van der Waals surface area (Å²) in [6.07, 6.45) is 4.38. The van der Waals surface area contributed by atoms with E-state index in [1.165, 1.54) is 0 Å². The Bertz CT molecular complexity index is 207. The van der Waals surface area contributed by atoms with Gasteiger partial charge in [0.25, 0.3) is 0 Å². The van der Waals surface area contributed by atoms with E-state index >= 15 is 0 Å². The second-order valence-corrected chi connectivity index (χ2v) is 4.36. The molecule has 1 aliphatic carbocycles. The van der Waals surface area contributed by atoms with E-state index in [9.17, 15) is 4.79 Å². The molecule has 0 aromatic rings. The van der Waals surface area contributed by atoms with Gasteiger partial charge in [0.15, 0.2) is 0 Å². The van der Waals surface area contributed by atoms with E-state index in [-0.39, 0.29) is 18.6 Å². The van der Waals surface area contributed by atoms with Gasteiger partial charge in [-0.3, -0.25) is 4.79 Å². The van der Waals surface area contributed by atoms with Crippen LogP contribution >= 0.6 is 0 Å². The van der Waals surface area contributed by atoms with Gasteiger partial charge in [-0.25, -0.2) is 0 Å². The molecule has 5 nitrogen and oxygen atoms in total. The van der Waals surface area contributed by atoms with E-state index in [0.29, 0.717) is 19.0 Å². The number of unbranched alkanes of at least 4 members (excludes halogenated alkanes) is 1. The molecule has 1 saturated carbocycles. The molecule has 1 unspecified atom stereocenters. The number of amides is 1. The third kappa shape index (κ3) is 6.05. The molecule has 5 N–H and O–H groups in total. The Balaban J connectivity index is 2.06. The van der Waals surface area contributed by atoms with E-state index in [4.69, 9.17) is 10.8 Å². The van der Waals surface area contributed by atoms with Gasteiger partial charge in [0.05, 0.1) is 0 Å². The minimum absolute atomic E-state index is 0.0532. The lowest BCUT2D eigenvalue weighted by molar-refractivity contribution is -0.121. The van der Waals surface area contributed by atoms with E-state index in [1.54, 1.807) is 0 Å². The number of hydrogen-bond donors (Lipinski definition) is 4. The van der Waals surface area contributed by atoms with Crippen LogP contribution < -0.4 is 16.4 Å². The standard InChI is InChI=1S/C11H23N3O2/c12-8-10(13-5-1-2-6-15)7-11(16)14-9-3-4-9/h9-10,13,15H,1-8,12H2,(H,14,16). The highest BCUT2D eigenvalue weighted by atomic mass is 16.2. The van der Waals surface area contributed by atoms with Crippen LogP contribution in [0.4, 0.5) is 0 Å². The zero-order chi connectivity index (χ0) is 11.8. The molecule has 16 heavy (non-hydrogen) atoms. The summed E-state index contributed by atoms with van der Waals surface area (Å²) in [5.41, 5.74) is 5.59. The van der Waals surface area contributed by atoms with Gasteiger partial charge < -0.3 is 21.5 Å². The van der Waals surface area contributed by atoms with Crippen molar-refractivity contribution in [1.82, 2.24) is 10.6 Å². The van der Waals surface area contributed by atoms with E-state index < -0.39 is 0 Å². The van der Waals surface area contributed by atoms with Gasteiger partial charge in [-0.2, -0.15) is 0 Å². The molecule has 1 rings (SSSR count). The Morgan fingerprint density at radius 3 is 2.75 bits per heavy atom. The number of carbonyl (C=O) groups is 1. The highest BCUT2D eigenvalue weighted by Gasteiger charge is 2.24. The number of aliphatic hydroxyl groups excluding tert-OH is 1. The molecule has 1 aliphatic rings. The highest BCUT2D eigenvalue weighted by molar-refractivity contribution is 5.77. The van der Waals surface area contributed by atoms with Gasteiger partial charge in [-0.05, 0) is 32.2 Å². The Morgan fingerprint density at radius 1 is 1.44 bits per heavy atom. The predicted octanol–water partition coefficient (Wildman–Crippen LogP) is -0.655. The van der Waals surface area contributed by atoms with Crippen LogP contribution in [-0.4, -0.2) is 42.8 Å². The molecule has 0 aromatic carbocycles. The first-order valence-corrected chi connectivity index (χ1v) is 6.10. The van der Waals surface area contributed by atoms with Gasteiger partial charge in [-0.15, -0.1) is 0 Å². The van der Waals surface area contributed by atoms with Crippen molar-refractivity contribution in [2.75, 3.05) is 19.7 Å². The Hall–Kier alpha value is -0.650. The minimum atomic E-state index is 0.0532. The molecule has 0 saturated heterocycles. The van der Waals surface area contributed by atoms with Gasteiger partial charge in [0.2, 0.25) is 5.91 Å². The molecule has 1 atom stereocenters. The van der Waals surface area contributed by atoms with Crippen molar-refractivity contribution in [3.05, 3.63) is 0 Å². The van der Waals surface area contributed by atoms with Gasteiger partial charge in [0, 0.05) is 31.7 Å². The van der Waals surface area contributed by atoms with Gasteiger partial charge in [-0.1, -0.05) is 0 Å². The van der Waals surface area contributed by atoms with Crippen LogP contribution in [0.3, 0.4) is 0 Å². The quantitative estimate of drug-likeness (QED) is 0.395. The van der Waals surface area contributed by atoms with Gasteiger partial charge in [0.1, 0.15) is 0 Å². The third-order valence-corrected chi connectivity index (χ3v) is 2.68. The number of hydrogen-bond acceptors (Lipinski definition) is 4. The van der Waals surface area contributed by atoms with Crippen LogP contribution in [0.2, 0.25) is 0 Å². The maximum absolute atomic E-state index is 11.5. The number of aliphatic hydroxyl groups is 1. The van der Waals surface area contributed by atoms with Crippen molar-refractivity contribution in [2.45, 2.75) is 44.2 Å².